The van der Waals surface area contributed by atoms with Gasteiger partial charge in [0.15, 0.2) is 0 Å². The van der Waals surface area contributed by atoms with Crippen molar-refractivity contribution < 1.29 is 14.8 Å². The molecule has 0 aromatic carbocycles. The summed E-state index contributed by atoms with van der Waals surface area (Å²) in [5, 5.41) is 19.0. The lowest BCUT2D eigenvalue weighted by Gasteiger charge is -2.19. The summed E-state index contributed by atoms with van der Waals surface area (Å²) >= 11 is 3.72. The van der Waals surface area contributed by atoms with Crippen LogP contribution in [0.25, 0.3) is 0 Å². The van der Waals surface area contributed by atoms with E-state index in [1.54, 1.807) is 0 Å². The molecule has 0 fully saturated rings. The van der Waals surface area contributed by atoms with E-state index >= 15 is 0 Å². The smallest absolute Gasteiger partial charge is 0.203 e. The van der Waals surface area contributed by atoms with E-state index in [1.165, 1.54) is 0 Å². The van der Waals surface area contributed by atoms with Gasteiger partial charge in [-0.05, 0) is 38.9 Å². The quantitative estimate of drug-likeness (QED) is 0.169. The third-order valence-corrected chi connectivity index (χ3v) is 3.30. The van der Waals surface area contributed by atoms with Crippen molar-refractivity contribution >= 4 is 12.6 Å². The molecule has 0 aliphatic heterocycles. The van der Waals surface area contributed by atoms with Gasteiger partial charge in [0.05, 0.1) is 6.61 Å². The maximum absolute atomic E-state index is 10.2. The minimum absolute atomic E-state index is 0.0779. The van der Waals surface area contributed by atoms with Crippen LogP contribution in [0.5, 0.6) is 0 Å². The molecule has 0 amide bonds. The number of nitrogens with zero attached hydrogens (tertiary/aromatic N) is 2. The van der Waals surface area contributed by atoms with Gasteiger partial charge in [-0.3, -0.25) is 10.1 Å². The van der Waals surface area contributed by atoms with Crippen molar-refractivity contribution in [2.24, 2.45) is 0 Å². The molecule has 0 spiro atoms. The molecule has 1 atom stereocenters. The fraction of sp³-hybridized carbons (Fsp3) is 1.00. The molecule has 0 aromatic rings. The van der Waals surface area contributed by atoms with Crippen molar-refractivity contribution in [3.8, 4) is 0 Å². The Morgan fingerprint density at radius 1 is 1.20 bits per heavy atom. The summed E-state index contributed by atoms with van der Waals surface area (Å²) < 4.78 is 4.93. The summed E-state index contributed by atoms with van der Waals surface area (Å²) in [4.78, 5) is 12.3. The number of ether oxygens (including phenoxy) is 1. The predicted octanol–water partition coefficient (Wildman–Crippen LogP) is 2.15. The Balaban J connectivity index is 3.38. The zero-order chi connectivity index (χ0) is 15.2. The molecule has 1 N–H and O–H groups in total. The van der Waals surface area contributed by atoms with Gasteiger partial charge in [0.1, 0.15) is 0 Å². The van der Waals surface area contributed by atoms with E-state index in [1.807, 2.05) is 0 Å². The standard InChI is InChI=1S/C13H28N2O4S/c1-2-14(10-6-7-11-15(17)18)9-5-3-4-8-12-19-13(16)20/h13,16,20H,2-12H2,1H3/t13-/m1/s1. The molecule has 0 saturated heterocycles. The minimum Gasteiger partial charge on any atom is -0.360 e. The molecule has 0 aliphatic rings. The second-order valence-electron chi connectivity index (χ2n) is 4.81. The highest BCUT2D eigenvalue weighted by Gasteiger charge is 2.04. The molecule has 0 heterocycles. The molecule has 7 heteroatoms. The number of aliphatic hydroxyl groups excluding tert-OH is 1. The Kier molecular flexibility index (Phi) is 13.4. The van der Waals surface area contributed by atoms with Crippen LogP contribution in [0.3, 0.4) is 0 Å². The number of aliphatic hydroxyl groups is 1. The Bertz CT molecular complexity index is 242. The third-order valence-electron chi connectivity index (χ3n) is 3.15. The lowest BCUT2D eigenvalue weighted by molar-refractivity contribution is -0.480. The van der Waals surface area contributed by atoms with Gasteiger partial charge in [0, 0.05) is 11.3 Å². The first kappa shape index (κ1) is 19.6. The van der Waals surface area contributed by atoms with Crippen LogP contribution in [0.15, 0.2) is 0 Å². The zero-order valence-electron chi connectivity index (χ0n) is 12.4. The van der Waals surface area contributed by atoms with E-state index in [-0.39, 0.29) is 11.5 Å². The summed E-state index contributed by atoms with van der Waals surface area (Å²) in [6.07, 6.45) is 5.84. The van der Waals surface area contributed by atoms with Gasteiger partial charge in [0.25, 0.3) is 0 Å². The normalized spacial score (nSPS) is 12.8. The van der Waals surface area contributed by atoms with Crippen LogP contribution in [0, 0.1) is 10.1 Å². The van der Waals surface area contributed by atoms with Crippen molar-refractivity contribution in [2.45, 2.75) is 51.1 Å². The number of hydrogen-bond acceptors (Lipinski definition) is 6. The highest BCUT2D eigenvalue weighted by molar-refractivity contribution is 7.80. The maximum Gasteiger partial charge on any atom is 0.203 e. The molecule has 0 aliphatic carbocycles. The molecular weight excluding hydrogens is 280 g/mol. The van der Waals surface area contributed by atoms with Gasteiger partial charge in [0.2, 0.25) is 12.2 Å². The number of nitro groups is 1. The molecule has 6 nitrogen and oxygen atoms in total. The molecule has 0 bridgehead atoms. The lowest BCUT2D eigenvalue weighted by Crippen LogP contribution is -2.26. The Labute approximate surface area is 127 Å². The van der Waals surface area contributed by atoms with Gasteiger partial charge in [-0.15, -0.1) is 12.6 Å². The van der Waals surface area contributed by atoms with E-state index in [0.29, 0.717) is 13.0 Å². The van der Waals surface area contributed by atoms with Gasteiger partial charge >= 0.3 is 0 Å². The van der Waals surface area contributed by atoms with E-state index < -0.39 is 5.62 Å². The van der Waals surface area contributed by atoms with Crippen molar-refractivity contribution in [3.05, 3.63) is 10.1 Å². The van der Waals surface area contributed by atoms with Crippen LogP contribution < -0.4 is 0 Å². The maximum atomic E-state index is 10.2. The zero-order valence-corrected chi connectivity index (χ0v) is 13.3. The molecule has 0 saturated carbocycles. The van der Waals surface area contributed by atoms with Crippen molar-refractivity contribution in [3.63, 3.8) is 0 Å². The molecular formula is C13H28N2O4S. The molecule has 0 unspecified atom stereocenters. The SMILES string of the molecule is CCN(CCCCCCO[C@@H](O)S)CCCC[N+](=O)[O-]. The van der Waals surface area contributed by atoms with Crippen LogP contribution >= 0.6 is 12.6 Å². The number of hydrogen-bond donors (Lipinski definition) is 2. The van der Waals surface area contributed by atoms with Gasteiger partial charge in [-0.1, -0.05) is 19.8 Å². The summed E-state index contributed by atoms with van der Waals surface area (Å²) in [6.45, 7) is 5.73. The minimum atomic E-state index is -0.968. The fourth-order valence-electron chi connectivity index (χ4n) is 1.98. The van der Waals surface area contributed by atoms with E-state index in [0.717, 1.165) is 51.7 Å². The average molecular weight is 308 g/mol. The first-order valence-electron chi connectivity index (χ1n) is 7.38. The number of thiol groups is 1. The van der Waals surface area contributed by atoms with E-state index in [4.69, 9.17) is 9.84 Å². The van der Waals surface area contributed by atoms with Gasteiger partial charge < -0.3 is 14.7 Å². The number of unbranched alkanes of at least 4 members (excludes halogenated alkanes) is 4. The summed E-state index contributed by atoms with van der Waals surface area (Å²) in [7, 11) is 0. The Hall–Kier alpha value is -0.370. The lowest BCUT2D eigenvalue weighted by atomic mass is 10.2. The monoisotopic (exact) mass is 308 g/mol. The van der Waals surface area contributed by atoms with Crippen LogP contribution in [0.4, 0.5) is 0 Å². The Morgan fingerprint density at radius 2 is 1.80 bits per heavy atom. The molecule has 120 valence electrons. The topological polar surface area (TPSA) is 75.8 Å². The van der Waals surface area contributed by atoms with Crippen LogP contribution in [-0.2, 0) is 4.74 Å². The summed E-state index contributed by atoms with van der Waals surface area (Å²) in [5.41, 5.74) is -0.968. The molecule has 20 heavy (non-hydrogen) atoms. The summed E-state index contributed by atoms with van der Waals surface area (Å²) in [5.74, 6) is 0. The second kappa shape index (κ2) is 13.6. The highest BCUT2D eigenvalue weighted by Crippen LogP contribution is 2.04. The van der Waals surface area contributed by atoms with Crippen LogP contribution in [0.1, 0.15) is 45.4 Å². The summed E-state index contributed by atoms with van der Waals surface area (Å²) in [6, 6.07) is 0. The van der Waals surface area contributed by atoms with Crippen LogP contribution in [0.2, 0.25) is 0 Å². The van der Waals surface area contributed by atoms with Crippen molar-refractivity contribution in [1.82, 2.24) is 4.90 Å². The van der Waals surface area contributed by atoms with Gasteiger partial charge in [-0.2, -0.15) is 0 Å². The second-order valence-corrected chi connectivity index (χ2v) is 5.25. The highest BCUT2D eigenvalue weighted by atomic mass is 32.1. The third kappa shape index (κ3) is 14.0. The number of rotatable bonds is 14. The first-order valence-corrected chi connectivity index (χ1v) is 7.89. The molecule has 0 rings (SSSR count). The van der Waals surface area contributed by atoms with Crippen LogP contribution in [-0.4, -0.2) is 53.3 Å². The molecule has 0 radical (unpaired) electrons. The van der Waals surface area contributed by atoms with Gasteiger partial charge in [-0.25, -0.2) is 0 Å². The van der Waals surface area contributed by atoms with Crippen molar-refractivity contribution in [2.75, 3.05) is 32.8 Å². The largest absolute Gasteiger partial charge is 0.360 e. The predicted molar refractivity (Wildman–Crippen MR) is 82.6 cm³/mol. The fourth-order valence-corrected chi connectivity index (χ4v) is 2.09. The first-order chi connectivity index (χ1) is 9.56. The van der Waals surface area contributed by atoms with Crippen molar-refractivity contribution in [1.29, 1.82) is 0 Å². The molecule has 0 aromatic heterocycles. The van der Waals surface area contributed by atoms with E-state index in [2.05, 4.69) is 24.5 Å². The average Bonchev–Trinajstić information content (AvgIpc) is 2.39. The van der Waals surface area contributed by atoms with E-state index in [9.17, 15) is 10.1 Å². The Morgan fingerprint density at radius 3 is 2.35 bits per heavy atom.